The third-order valence-corrected chi connectivity index (χ3v) is 12.9. The fourth-order valence-electron chi connectivity index (χ4n) is 7.04. The van der Waals surface area contributed by atoms with Gasteiger partial charge in [0.1, 0.15) is 0 Å². The zero-order valence-corrected chi connectivity index (χ0v) is 25.3. The molecule has 4 atom stereocenters. The normalized spacial score (nSPS) is 22.5. The molecule has 2 aliphatic carbocycles. The lowest BCUT2D eigenvalue weighted by molar-refractivity contribution is 0.135. The molecular formula is C35H46P2. The van der Waals surface area contributed by atoms with Gasteiger partial charge in [-0.3, -0.25) is 0 Å². The van der Waals surface area contributed by atoms with Crippen LogP contribution >= 0.6 is 17.2 Å². The van der Waals surface area contributed by atoms with E-state index in [1.165, 1.54) is 85.1 Å². The number of fused-ring (bicyclic) bond motifs is 2. The molecule has 0 heterocycles. The highest BCUT2D eigenvalue weighted by Gasteiger charge is 2.33. The van der Waals surface area contributed by atoms with Crippen molar-refractivity contribution in [1.82, 2.24) is 0 Å². The first-order valence-corrected chi connectivity index (χ1v) is 17.2. The van der Waals surface area contributed by atoms with Crippen LogP contribution in [0.25, 0.3) is 22.3 Å². The van der Waals surface area contributed by atoms with Crippen molar-refractivity contribution in [3.8, 4) is 22.3 Å². The Hall–Kier alpha value is -1.48. The Morgan fingerprint density at radius 2 is 1.30 bits per heavy atom. The molecule has 196 valence electrons. The predicted octanol–water partition coefficient (Wildman–Crippen LogP) is 10.8. The minimum Gasteiger partial charge on any atom is -0.133 e. The molecule has 37 heavy (non-hydrogen) atoms. The van der Waals surface area contributed by atoms with Crippen LogP contribution in [0.4, 0.5) is 0 Å². The van der Waals surface area contributed by atoms with E-state index in [0.29, 0.717) is 5.16 Å². The van der Waals surface area contributed by atoms with E-state index in [1.807, 2.05) is 0 Å². The Bertz CT molecular complexity index is 1130. The molecule has 0 radical (unpaired) electrons. The van der Waals surface area contributed by atoms with Crippen LogP contribution in [0.1, 0.15) is 76.8 Å². The third kappa shape index (κ3) is 6.75. The quantitative estimate of drug-likeness (QED) is 0.255. The second kappa shape index (κ2) is 12.1. The molecule has 0 N–H and O–H groups in total. The lowest BCUT2D eigenvalue weighted by Gasteiger charge is -2.40. The van der Waals surface area contributed by atoms with Gasteiger partial charge in [-0.2, -0.15) is 0 Å². The third-order valence-electron chi connectivity index (χ3n) is 9.07. The molecule has 3 aromatic carbocycles. The molecule has 5 rings (SSSR count). The Kier molecular flexibility index (Phi) is 8.89. The van der Waals surface area contributed by atoms with Crippen LogP contribution in [0.15, 0.2) is 72.8 Å². The maximum Gasteiger partial charge on any atom is -0.00653 e. The van der Waals surface area contributed by atoms with Crippen LogP contribution in [0.2, 0.25) is 0 Å². The molecule has 2 heteroatoms. The number of hydrogen-bond acceptors (Lipinski definition) is 0. The van der Waals surface area contributed by atoms with E-state index in [0.717, 1.165) is 23.9 Å². The van der Waals surface area contributed by atoms with Crippen molar-refractivity contribution in [3.63, 3.8) is 0 Å². The Morgan fingerprint density at radius 3 is 1.81 bits per heavy atom. The fourth-order valence-corrected chi connectivity index (χ4v) is 10.1. The van der Waals surface area contributed by atoms with Gasteiger partial charge in [0.2, 0.25) is 0 Å². The zero-order valence-electron chi connectivity index (χ0n) is 23.3. The number of hydrogen-bond donors (Lipinski definition) is 0. The van der Waals surface area contributed by atoms with E-state index < -0.39 is 0 Å². The van der Waals surface area contributed by atoms with E-state index in [9.17, 15) is 0 Å². The van der Waals surface area contributed by atoms with E-state index in [4.69, 9.17) is 0 Å². The molecule has 0 aliphatic heterocycles. The van der Waals surface area contributed by atoms with E-state index >= 15 is 0 Å². The first-order chi connectivity index (χ1) is 17.9. The second-order valence-electron chi connectivity index (χ2n) is 12.7. The van der Waals surface area contributed by atoms with Gasteiger partial charge in [0, 0.05) is 0 Å². The zero-order chi connectivity index (χ0) is 25.8. The Morgan fingerprint density at radius 1 is 0.757 bits per heavy atom. The molecule has 3 aromatic rings. The summed E-state index contributed by atoms with van der Waals surface area (Å²) in [4.78, 5) is 0. The highest BCUT2D eigenvalue weighted by Crippen LogP contribution is 2.55. The molecule has 2 saturated carbocycles. The van der Waals surface area contributed by atoms with Crippen molar-refractivity contribution < 1.29 is 0 Å². The van der Waals surface area contributed by atoms with Crippen LogP contribution in [0.5, 0.6) is 0 Å². The average molecular weight is 529 g/mol. The van der Waals surface area contributed by atoms with Crippen molar-refractivity contribution in [2.45, 2.75) is 83.2 Å². The molecule has 4 unspecified atom stereocenters. The molecule has 0 spiro atoms. The van der Waals surface area contributed by atoms with Gasteiger partial charge in [-0.05, 0) is 113 Å². The predicted molar refractivity (Wildman–Crippen MR) is 169 cm³/mol. The van der Waals surface area contributed by atoms with Crippen molar-refractivity contribution in [3.05, 3.63) is 83.9 Å². The molecule has 0 amide bonds. The number of benzene rings is 3. The molecule has 0 aromatic heterocycles. The molecule has 0 nitrogen and oxygen atoms in total. The minimum atomic E-state index is -0.0940. The first kappa shape index (κ1) is 27.1. The van der Waals surface area contributed by atoms with Crippen molar-refractivity contribution in [2.75, 3.05) is 6.16 Å². The van der Waals surface area contributed by atoms with Crippen LogP contribution < -0.4 is 0 Å². The summed E-state index contributed by atoms with van der Waals surface area (Å²) in [5, 5.41) is 0.378. The van der Waals surface area contributed by atoms with Crippen LogP contribution in [0.3, 0.4) is 0 Å². The topological polar surface area (TPSA) is 0 Å². The van der Waals surface area contributed by atoms with Crippen LogP contribution in [-0.2, 0) is 12.3 Å². The standard InChI is InChI=1S/C35H46P2/c1-35(2,3)37(18-17-28-20-26-11-10-12-27(19-26)21-28)25-32-23-34(30-15-8-5-9-16-30)33(22-31(32)24-36)29-13-6-4-7-14-29/h4-9,13-16,22-23,26-28H,10-12,17-21,24-25,36H2,1-3H3. The summed E-state index contributed by atoms with van der Waals surface area (Å²) in [5.74, 6) is 3.07. The SMILES string of the molecule is CC(C)(C)P(CCC1CC2CCCC(C2)C1)Cc1cc(-c2ccccc2)c(-c2ccccc2)cc1CP. The summed E-state index contributed by atoms with van der Waals surface area (Å²) in [6.07, 6.45) is 14.2. The van der Waals surface area contributed by atoms with Gasteiger partial charge in [-0.1, -0.05) is 109 Å². The molecular weight excluding hydrogens is 482 g/mol. The smallest absolute Gasteiger partial charge is 0.00653 e. The van der Waals surface area contributed by atoms with E-state index in [1.54, 1.807) is 5.56 Å². The van der Waals surface area contributed by atoms with Gasteiger partial charge < -0.3 is 0 Å². The average Bonchev–Trinajstić information content (AvgIpc) is 2.91. The van der Waals surface area contributed by atoms with Crippen molar-refractivity contribution in [1.29, 1.82) is 0 Å². The summed E-state index contributed by atoms with van der Waals surface area (Å²) in [6.45, 7) is 7.52. The molecule has 2 fully saturated rings. The highest BCUT2D eigenvalue weighted by atomic mass is 31.1. The largest absolute Gasteiger partial charge is 0.133 e. The van der Waals surface area contributed by atoms with Gasteiger partial charge in [0.05, 0.1) is 0 Å². The summed E-state index contributed by atoms with van der Waals surface area (Å²) < 4.78 is 0. The first-order valence-electron chi connectivity index (χ1n) is 14.6. The minimum absolute atomic E-state index is 0.0940. The van der Waals surface area contributed by atoms with Gasteiger partial charge >= 0.3 is 0 Å². The Balaban J connectivity index is 1.43. The maximum atomic E-state index is 3.02. The Labute approximate surface area is 230 Å². The van der Waals surface area contributed by atoms with Gasteiger partial charge in [-0.15, -0.1) is 9.24 Å². The summed E-state index contributed by atoms with van der Waals surface area (Å²) in [5.41, 5.74) is 8.47. The lowest BCUT2D eigenvalue weighted by Crippen LogP contribution is -2.27. The van der Waals surface area contributed by atoms with Gasteiger partial charge in [-0.25, -0.2) is 0 Å². The number of rotatable bonds is 8. The molecule has 0 saturated heterocycles. The lowest BCUT2D eigenvalue weighted by atomic mass is 9.67. The highest BCUT2D eigenvalue weighted by molar-refractivity contribution is 7.58. The van der Waals surface area contributed by atoms with E-state index in [2.05, 4.69) is 103 Å². The van der Waals surface area contributed by atoms with E-state index in [-0.39, 0.29) is 7.92 Å². The van der Waals surface area contributed by atoms with Crippen molar-refractivity contribution in [2.24, 2.45) is 17.8 Å². The second-order valence-corrected chi connectivity index (χ2v) is 16.3. The summed E-state index contributed by atoms with van der Waals surface area (Å²) in [7, 11) is 2.93. The van der Waals surface area contributed by atoms with Crippen molar-refractivity contribution >= 4 is 17.2 Å². The van der Waals surface area contributed by atoms with Gasteiger partial charge in [0.25, 0.3) is 0 Å². The summed E-state index contributed by atoms with van der Waals surface area (Å²) >= 11 is 0. The summed E-state index contributed by atoms with van der Waals surface area (Å²) in [6, 6.07) is 27.1. The fraction of sp³-hybridized carbons (Fsp3) is 0.486. The van der Waals surface area contributed by atoms with Gasteiger partial charge in [0.15, 0.2) is 0 Å². The van der Waals surface area contributed by atoms with Crippen LogP contribution in [-0.4, -0.2) is 11.3 Å². The molecule has 2 bridgehead atoms. The monoisotopic (exact) mass is 528 g/mol. The van der Waals surface area contributed by atoms with Crippen LogP contribution in [0, 0.1) is 17.8 Å². The maximum absolute atomic E-state index is 3.02. The molecule has 2 aliphatic rings.